The van der Waals surface area contributed by atoms with Crippen molar-refractivity contribution in [3.05, 3.63) is 35.9 Å². The van der Waals surface area contributed by atoms with E-state index in [0.29, 0.717) is 5.56 Å². The van der Waals surface area contributed by atoms with Gasteiger partial charge in [0.1, 0.15) is 12.1 Å². The van der Waals surface area contributed by atoms with Gasteiger partial charge in [0.15, 0.2) is 0 Å². The van der Waals surface area contributed by atoms with Crippen LogP contribution in [0.15, 0.2) is 30.3 Å². The number of nitrogens with one attached hydrogen (secondary N) is 1. The monoisotopic (exact) mass is 279 g/mol. The summed E-state index contributed by atoms with van der Waals surface area (Å²) in [5, 5.41) is 11.3. The Kier molecular flexibility index (Phi) is 5.67. The Hall–Kier alpha value is -2.41. The fraction of sp³-hybridized carbons (Fsp3) is 0.308. The van der Waals surface area contributed by atoms with Crippen molar-refractivity contribution in [3.8, 4) is 0 Å². The Balaban J connectivity index is 2.66. The lowest BCUT2D eigenvalue weighted by atomic mass is 10.1. The number of carbonyl (C=O) groups excluding carboxylic acids is 2. The first-order chi connectivity index (χ1) is 9.41. The van der Waals surface area contributed by atoms with Crippen LogP contribution in [0.1, 0.15) is 24.4 Å². The number of carboxylic acid groups (broad SMARTS) is 1. The number of benzene rings is 1. The zero-order chi connectivity index (χ0) is 15.1. The summed E-state index contributed by atoms with van der Waals surface area (Å²) in [5.41, 5.74) is 11.3. The molecule has 0 spiro atoms. The van der Waals surface area contributed by atoms with Crippen LogP contribution in [0.2, 0.25) is 0 Å². The van der Waals surface area contributed by atoms with E-state index in [1.165, 1.54) is 0 Å². The minimum absolute atomic E-state index is 0.0715. The summed E-state index contributed by atoms with van der Waals surface area (Å²) in [7, 11) is 0. The Morgan fingerprint density at radius 2 is 1.80 bits per heavy atom. The van der Waals surface area contributed by atoms with E-state index in [9.17, 15) is 14.4 Å². The van der Waals surface area contributed by atoms with Gasteiger partial charge in [-0.25, -0.2) is 4.79 Å². The third-order valence-corrected chi connectivity index (χ3v) is 2.74. The molecule has 0 radical (unpaired) electrons. The highest BCUT2D eigenvalue weighted by Gasteiger charge is 2.24. The van der Waals surface area contributed by atoms with Crippen molar-refractivity contribution in [1.82, 2.24) is 5.32 Å². The lowest BCUT2D eigenvalue weighted by Crippen LogP contribution is -2.45. The van der Waals surface area contributed by atoms with Gasteiger partial charge in [-0.2, -0.15) is 0 Å². The Bertz CT molecular complexity index is 490. The van der Waals surface area contributed by atoms with Gasteiger partial charge in [-0.15, -0.1) is 0 Å². The van der Waals surface area contributed by atoms with E-state index in [0.717, 1.165) is 0 Å². The summed E-state index contributed by atoms with van der Waals surface area (Å²) in [6.45, 7) is 0. The van der Waals surface area contributed by atoms with Gasteiger partial charge >= 0.3 is 5.97 Å². The van der Waals surface area contributed by atoms with Crippen molar-refractivity contribution in [2.24, 2.45) is 11.5 Å². The molecule has 1 unspecified atom stereocenters. The number of carbonyl (C=O) groups is 3. The number of hydrogen-bond donors (Lipinski definition) is 4. The molecule has 1 aromatic rings. The highest BCUT2D eigenvalue weighted by Crippen LogP contribution is 2.10. The maximum Gasteiger partial charge on any atom is 0.326 e. The number of nitrogens with two attached hydrogens (primary N) is 2. The molecular formula is C13H17N3O4. The fourth-order valence-corrected chi connectivity index (χ4v) is 1.62. The van der Waals surface area contributed by atoms with Crippen LogP contribution in [0.3, 0.4) is 0 Å². The van der Waals surface area contributed by atoms with Gasteiger partial charge in [0.2, 0.25) is 11.8 Å². The highest BCUT2D eigenvalue weighted by atomic mass is 16.4. The van der Waals surface area contributed by atoms with E-state index in [1.807, 2.05) is 0 Å². The second-order valence-corrected chi connectivity index (χ2v) is 4.29. The fourth-order valence-electron chi connectivity index (χ4n) is 1.62. The molecule has 108 valence electrons. The van der Waals surface area contributed by atoms with Crippen LogP contribution < -0.4 is 16.8 Å². The SMILES string of the molecule is NC(=O)CCC(NC(=O)[C@H](N)c1ccccc1)C(=O)O. The first-order valence-electron chi connectivity index (χ1n) is 6.04. The van der Waals surface area contributed by atoms with Gasteiger partial charge < -0.3 is 21.9 Å². The molecule has 20 heavy (non-hydrogen) atoms. The van der Waals surface area contributed by atoms with Gasteiger partial charge in [0.05, 0.1) is 0 Å². The molecule has 0 saturated heterocycles. The van der Waals surface area contributed by atoms with Gasteiger partial charge in [0, 0.05) is 6.42 Å². The summed E-state index contributed by atoms with van der Waals surface area (Å²) in [6.07, 6.45) is -0.199. The Morgan fingerprint density at radius 1 is 1.20 bits per heavy atom. The van der Waals surface area contributed by atoms with Gasteiger partial charge in [-0.05, 0) is 12.0 Å². The molecule has 0 aliphatic rings. The Labute approximate surface area is 115 Å². The summed E-state index contributed by atoms with van der Waals surface area (Å²) in [6, 6.07) is 6.42. The minimum atomic E-state index is -1.24. The van der Waals surface area contributed by atoms with Gasteiger partial charge in [-0.3, -0.25) is 9.59 Å². The summed E-state index contributed by atoms with van der Waals surface area (Å²) in [4.78, 5) is 33.5. The predicted molar refractivity (Wildman–Crippen MR) is 71.4 cm³/mol. The van der Waals surface area contributed by atoms with E-state index in [-0.39, 0.29) is 12.8 Å². The molecule has 7 heteroatoms. The zero-order valence-electron chi connectivity index (χ0n) is 10.8. The highest BCUT2D eigenvalue weighted by molar-refractivity contribution is 5.88. The summed E-state index contributed by atoms with van der Waals surface area (Å²) >= 11 is 0. The van der Waals surface area contributed by atoms with Crippen LogP contribution in [0.25, 0.3) is 0 Å². The van der Waals surface area contributed by atoms with Crippen molar-refractivity contribution in [2.45, 2.75) is 24.9 Å². The molecule has 0 heterocycles. The summed E-state index contributed by atoms with van der Waals surface area (Å²) in [5.74, 6) is -2.48. The lowest BCUT2D eigenvalue weighted by molar-refractivity contribution is -0.142. The van der Waals surface area contributed by atoms with E-state index >= 15 is 0 Å². The average molecular weight is 279 g/mol. The van der Waals surface area contributed by atoms with Gasteiger partial charge in [-0.1, -0.05) is 30.3 Å². The molecule has 0 aliphatic heterocycles. The standard InChI is InChI=1S/C13H17N3O4/c14-10(17)7-6-9(13(19)20)16-12(18)11(15)8-4-2-1-3-5-8/h1-5,9,11H,6-7,15H2,(H2,14,17)(H,16,18)(H,19,20)/t9?,11-/m1/s1. The molecule has 0 aliphatic carbocycles. The number of rotatable bonds is 7. The molecule has 0 bridgehead atoms. The van der Waals surface area contributed by atoms with Crippen LogP contribution in [-0.4, -0.2) is 28.9 Å². The topological polar surface area (TPSA) is 136 Å². The van der Waals surface area contributed by atoms with Crippen molar-refractivity contribution in [3.63, 3.8) is 0 Å². The Morgan fingerprint density at radius 3 is 2.30 bits per heavy atom. The van der Waals surface area contributed by atoms with E-state index in [2.05, 4.69) is 5.32 Å². The van der Waals surface area contributed by atoms with Crippen molar-refractivity contribution >= 4 is 17.8 Å². The molecule has 1 rings (SSSR count). The maximum absolute atomic E-state index is 11.9. The number of carboxylic acids is 1. The molecule has 2 amide bonds. The number of aliphatic carboxylic acids is 1. The molecule has 7 nitrogen and oxygen atoms in total. The first kappa shape index (κ1) is 15.6. The van der Waals surface area contributed by atoms with Crippen molar-refractivity contribution in [2.75, 3.05) is 0 Å². The lowest BCUT2D eigenvalue weighted by Gasteiger charge is -2.17. The number of amides is 2. The number of hydrogen-bond acceptors (Lipinski definition) is 4. The van der Waals surface area contributed by atoms with Crippen LogP contribution in [0.5, 0.6) is 0 Å². The molecule has 0 aromatic heterocycles. The molecule has 2 atom stereocenters. The van der Waals surface area contributed by atoms with Crippen molar-refractivity contribution < 1.29 is 19.5 Å². The van der Waals surface area contributed by atoms with Crippen molar-refractivity contribution in [1.29, 1.82) is 0 Å². The molecular weight excluding hydrogens is 262 g/mol. The average Bonchev–Trinajstić information content (AvgIpc) is 2.42. The van der Waals surface area contributed by atoms with Crippen LogP contribution in [0, 0.1) is 0 Å². The zero-order valence-corrected chi connectivity index (χ0v) is 10.8. The second-order valence-electron chi connectivity index (χ2n) is 4.29. The van der Waals surface area contributed by atoms with Crippen LogP contribution in [0.4, 0.5) is 0 Å². The molecule has 1 aromatic carbocycles. The predicted octanol–water partition coefficient (Wildman–Crippen LogP) is -0.479. The van der Waals surface area contributed by atoms with Crippen LogP contribution >= 0.6 is 0 Å². The maximum atomic E-state index is 11.9. The molecule has 0 fully saturated rings. The van der Waals surface area contributed by atoms with E-state index in [1.54, 1.807) is 30.3 Å². The normalized spacial score (nSPS) is 13.2. The van der Waals surface area contributed by atoms with Gasteiger partial charge in [0.25, 0.3) is 0 Å². The third kappa shape index (κ3) is 4.69. The quantitative estimate of drug-likeness (QED) is 0.534. The molecule has 0 saturated carbocycles. The summed E-state index contributed by atoms with van der Waals surface area (Å²) < 4.78 is 0. The van der Waals surface area contributed by atoms with Crippen LogP contribution in [-0.2, 0) is 14.4 Å². The third-order valence-electron chi connectivity index (χ3n) is 2.74. The largest absolute Gasteiger partial charge is 0.480 e. The smallest absolute Gasteiger partial charge is 0.326 e. The minimum Gasteiger partial charge on any atom is -0.480 e. The second kappa shape index (κ2) is 7.25. The molecule has 6 N–H and O–H groups in total. The first-order valence-corrected chi connectivity index (χ1v) is 6.04. The van der Waals surface area contributed by atoms with E-state index < -0.39 is 29.9 Å². The number of primary amides is 1. The van der Waals surface area contributed by atoms with E-state index in [4.69, 9.17) is 16.6 Å².